The SMILES string of the molecule is O=C(NC1CC(F)(F)C1)[C@H](c1ccccc1Cl)N(C(=O)CNS(=O)(=O)N1CC1)c1cccc(C(F)(F)F)c1. The highest BCUT2D eigenvalue weighted by atomic mass is 35.5. The van der Waals surface area contributed by atoms with E-state index in [0.29, 0.717) is 11.0 Å². The molecule has 0 aromatic heterocycles. The number of carbonyl (C=O) groups excluding carboxylic acids is 2. The Morgan fingerprint density at radius 1 is 1.11 bits per heavy atom. The number of hydrogen-bond acceptors (Lipinski definition) is 4. The normalized spacial score (nSPS) is 18.4. The maximum Gasteiger partial charge on any atom is 0.416 e. The molecule has 15 heteroatoms. The van der Waals surface area contributed by atoms with Gasteiger partial charge < -0.3 is 5.32 Å². The molecule has 1 aliphatic heterocycles. The number of amides is 2. The van der Waals surface area contributed by atoms with Gasteiger partial charge in [0.1, 0.15) is 6.04 Å². The molecule has 38 heavy (non-hydrogen) atoms. The van der Waals surface area contributed by atoms with Crippen molar-refractivity contribution in [3.63, 3.8) is 0 Å². The van der Waals surface area contributed by atoms with E-state index in [-0.39, 0.29) is 29.4 Å². The number of hydrogen-bond donors (Lipinski definition) is 2. The van der Waals surface area contributed by atoms with Crippen molar-refractivity contribution in [3.8, 4) is 0 Å². The van der Waals surface area contributed by atoms with Crippen LogP contribution in [-0.4, -0.2) is 56.1 Å². The second-order valence-corrected chi connectivity index (χ2v) is 11.1. The highest BCUT2D eigenvalue weighted by molar-refractivity contribution is 7.87. The monoisotopic (exact) mass is 580 g/mol. The molecule has 1 aliphatic carbocycles. The first-order valence-corrected chi connectivity index (χ1v) is 13.2. The van der Waals surface area contributed by atoms with E-state index in [1.807, 2.05) is 0 Å². The largest absolute Gasteiger partial charge is 0.416 e. The summed E-state index contributed by atoms with van der Waals surface area (Å²) in [5.74, 6) is -5.03. The third-order valence-corrected chi connectivity index (χ3v) is 7.91. The van der Waals surface area contributed by atoms with Crippen LogP contribution >= 0.6 is 11.6 Å². The van der Waals surface area contributed by atoms with Crippen LogP contribution in [0.3, 0.4) is 0 Å². The predicted octanol–water partition coefficient (Wildman–Crippen LogP) is 3.50. The quantitative estimate of drug-likeness (QED) is 0.350. The van der Waals surface area contributed by atoms with Gasteiger partial charge >= 0.3 is 6.18 Å². The topological polar surface area (TPSA) is 98.6 Å². The fourth-order valence-electron chi connectivity index (χ4n) is 4.02. The van der Waals surface area contributed by atoms with Crippen LogP contribution in [0.15, 0.2) is 48.5 Å². The van der Waals surface area contributed by atoms with Gasteiger partial charge in [0.2, 0.25) is 11.8 Å². The number of nitrogens with one attached hydrogen (secondary N) is 2. The van der Waals surface area contributed by atoms with Gasteiger partial charge in [-0.1, -0.05) is 35.9 Å². The van der Waals surface area contributed by atoms with E-state index in [4.69, 9.17) is 11.6 Å². The Kier molecular flexibility index (Phi) is 7.72. The number of anilines is 1. The Bertz CT molecular complexity index is 1330. The van der Waals surface area contributed by atoms with Crippen molar-refractivity contribution in [2.45, 2.75) is 37.0 Å². The minimum Gasteiger partial charge on any atom is -0.351 e. The van der Waals surface area contributed by atoms with Gasteiger partial charge in [0.05, 0.1) is 12.1 Å². The minimum absolute atomic E-state index is 0.00249. The summed E-state index contributed by atoms with van der Waals surface area (Å²) >= 11 is 6.30. The third-order valence-electron chi connectivity index (χ3n) is 6.02. The zero-order valence-electron chi connectivity index (χ0n) is 19.5. The van der Waals surface area contributed by atoms with Crippen molar-refractivity contribution in [2.75, 3.05) is 24.5 Å². The van der Waals surface area contributed by atoms with Crippen LogP contribution in [0.5, 0.6) is 0 Å². The van der Waals surface area contributed by atoms with Crippen LogP contribution in [0.25, 0.3) is 0 Å². The van der Waals surface area contributed by atoms with Gasteiger partial charge in [0.15, 0.2) is 0 Å². The van der Waals surface area contributed by atoms with Gasteiger partial charge in [-0.05, 0) is 24.3 Å². The Morgan fingerprint density at radius 3 is 2.34 bits per heavy atom. The Balaban J connectivity index is 1.76. The van der Waals surface area contributed by atoms with Crippen molar-refractivity contribution < 1.29 is 40.0 Å². The molecule has 0 spiro atoms. The highest BCUT2D eigenvalue weighted by Crippen LogP contribution is 2.39. The Labute approximate surface area is 219 Å². The lowest BCUT2D eigenvalue weighted by Gasteiger charge is -2.38. The number of nitrogens with zero attached hydrogens (tertiary/aromatic N) is 2. The molecular formula is C23H22ClF5N4O4S. The third kappa shape index (κ3) is 6.42. The number of benzene rings is 2. The summed E-state index contributed by atoms with van der Waals surface area (Å²) in [6.07, 6.45) is -6.10. The molecule has 1 saturated carbocycles. The van der Waals surface area contributed by atoms with Gasteiger partial charge in [-0.15, -0.1) is 0 Å². The summed E-state index contributed by atoms with van der Waals surface area (Å²) in [6.45, 7) is -0.431. The van der Waals surface area contributed by atoms with Crippen LogP contribution in [-0.2, 0) is 26.0 Å². The fraction of sp³-hybridized carbons (Fsp3) is 0.391. The standard InChI is InChI=1S/C23H22ClF5N4O4S/c24-18-7-2-1-6-17(18)20(21(35)31-15-11-22(25,26)12-15)33(16-5-3-4-14(10-16)23(27,28)29)19(34)13-30-38(36,37)32-8-9-32/h1-7,10,15,20,30H,8-9,11-13H2,(H,31,35)/t20-/m0/s1. The average molecular weight is 581 g/mol. The molecule has 206 valence electrons. The van der Waals surface area contributed by atoms with Crippen LogP contribution in [0.4, 0.5) is 27.6 Å². The first-order valence-electron chi connectivity index (χ1n) is 11.3. The van der Waals surface area contributed by atoms with E-state index in [2.05, 4.69) is 10.0 Å². The van der Waals surface area contributed by atoms with E-state index in [9.17, 15) is 40.0 Å². The number of rotatable bonds is 9. The molecule has 2 N–H and O–H groups in total. The predicted molar refractivity (Wildman–Crippen MR) is 128 cm³/mol. The molecule has 1 atom stereocenters. The average Bonchev–Trinajstić information content (AvgIpc) is 3.66. The minimum atomic E-state index is -4.80. The number of alkyl halides is 5. The second kappa shape index (κ2) is 10.4. The first-order chi connectivity index (χ1) is 17.7. The second-order valence-electron chi connectivity index (χ2n) is 8.93. The zero-order chi connectivity index (χ0) is 27.9. The van der Waals surface area contributed by atoms with Crippen molar-refractivity contribution in [1.82, 2.24) is 14.3 Å². The van der Waals surface area contributed by atoms with E-state index < -0.39 is 71.2 Å². The van der Waals surface area contributed by atoms with Crippen molar-refractivity contribution in [1.29, 1.82) is 0 Å². The van der Waals surface area contributed by atoms with Crippen molar-refractivity contribution >= 4 is 39.3 Å². The van der Waals surface area contributed by atoms with Crippen LogP contribution in [0.1, 0.15) is 30.0 Å². The summed E-state index contributed by atoms with van der Waals surface area (Å²) in [7, 11) is -4.03. The molecule has 0 bridgehead atoms. The van der Waals surface area contributed by atoms with Crippen LogP contribution < -0.4 is 14.9 Å². The van der Waals surface area contributed by atoms with Gasteiger partial charge in [0.25, 0.3) is 16.1 Å². The summed E-state index contributed by atoms with van der Waals surface area (Å²) in [5.41, 5.74) is -1.51. The lowest BCUT2D eigenvalue weighted by molar-refractivity contribution is -0.137. The summed E-state index contributed by atoms with van der Waals surface area (Å²) in [5, 5.41) is 2.38. The molecule has 0 unspecified atom stereocenters. The Morgan fingerprint density at radius 2 is 1.76 bits per heavy atom. The van der Waals surface area contributed by atoms with Crippen LogP contribution in [0, 0.1) is 0 Å². The molecule has 4 rings (SSSR count). The molecule has 0 radical (unpaired) electrons. The molecule has 2 aliphatic rings. The highest BCUT2D eigenvalue weighted by Gasteiger charge is 2.47. The van der Waals surface area contributed by atoms with Gasteiger partial charge in [-0.3, -0.25) is 14.5 Å². The van der Waals surface area contributed by atoms with Gasteiger partial charge in [-0.25, -0.2) is 8.78 Å². The molecule has 1 heterocycles. The molecule has 2 amide bonds. The molecule has 2 aromatic carbocycles. The van der Waals surface area contributed by atoms with E-state index in [1.54, 1.807) is 0 Å². The lowest BCUT2D eigenvalue weighted by atomic mass is 9.87. The molecular weight excluding hydrogens is 559 g/mol. The summed E-state index contributed by atoms with van der Waals surface area (Å²) in [6, 6.07) is 6.62. The lowest BCUT2D eigenvalue weighted by Crippen LogP contribution is -2.55. The molecule has 1 saturated heterocycles. The van der Waals surface area contributed by atoms with Crippen LogP contribution in [0.2, 0.25) is 5.02 Å². The van der Waals surface area contributed by atoms with E-state index in [0.717, 1.165) is 22.5 Å². The fourth-order valence-corrected chi connectivity index (χ4v) is 5.31. The first kappa shape index (κ1) is 28.2. The molecule has 8 nitrogen and oxygen atoms in total. The van der Waals surface area contributed by atoms with Crippen molar-refractivity contribution in [2.24, 2.45) is 0 Å². The van der Waals surface area contributed by atoms with E-state index >= 15 is 0 Å². The van der Waals surface area contributed by atoms with Gasteiger partial charge in [0, 0.05) is 48.2 Å². The molecule has 2 aromatic rings. The Hall–Kier alpha value is -2.81. The van der Waals surface area contributed by atoms with Crippen molar-refractivity contribution in [3.05, 3.63) is 64.7 Å². The maximum atomic E-state index is 13.5. The van der Waals surface area contributed by atoms with Gasteiger partial charge in [-0.2, -0.15) is 30.6 Å². The summed E-state index contributed by atoms with van der Waals surface area (Å²) < 4.78 is 94.9. The zero-order valence-corrected chi connectivity index (χ0v) is 21.1. The van der Waals surface area contributed by atoms with E-state index in [1.165, 1.54) is 24.3 Å². The molecule has 2 fully saturated rings. The number of carbonyl (C=O) groups is 2. The number of halogens is 6. The maximum absolute atomic E-state index is 13.5. The smallest absolute Gasteiger partial charge is 0.351 e. The summed E-state index contributed by atoms with van der Waals surface area (Å²) in [4.78, 5) is 27.6.